The zero-order valence-electron chi connectivity index (χ0n) is 8.10. The molecule has 0 aliphatic rings. The first-order valence-corrected chi connectivity index (χ1v) is 4.03. The van der Waals surface area contributed by atoms with Crippen LogP contribution in [-0.4, -0.2) is 22.3 Å². The summed E-state index contributed by atoms with van der Waals surface area (Å²) in [6, 6.07) is 0. The molecule has 0 atom stereocenters. The van der Waals surface area contributed by atoms with E-state index in [1.165, 1.54) is 7.11 Å². The fourth-order valence-corrected chi connectivity index (χ4v) is 0.895. The maximum atomic E-state index is 11.6. The summed E-state index contributed by atoms with van der Waals surface area (Å²) in [5.74, 6) is 0. The molecule has 1 aromatic heterocycles. The highest BCUT2D eigenvalue weighted by Gasteiger charge is 1.98. The maximum absolute atomic E-state index is 11.6. The molecule has 0 N–H and O–H groups in total. The lowest BCUT2D eigenvalue weighted by molar-refractivity contribution is 0.111. The number of rotatable bonds is 2. The summed E-state index contributed by atoms with van der Waals surface area (Å²) < 4.78 is 0. The summed E-state index contributed by atoms with van der Waals surface area (Å²) in [4.78, 5) is 17.0. The molecule has 5 heteroatoms. The van der Waals surface area contributed by atoms with Crippen LogP contribution >= 0.6 is 0 Å². The molecular formula is C9H11N3O2. The number of aromatic nitrogens is 3. The lowest BCUT2D eigenvalue weighted by atomic mass is 10.3. The van der Waals surface area contributed by atoms with Crippen molar-refractivity contribution in [3.8, 4) is 0 Å². The molecule has 0 saturated carbocycles. The van der Waals surface area contributed by atoms with E-state index < -0.39 is 0 Å². The molecule has 1 rings (SSSR count). The molecule has 0 aliphatic carbocycles. The third-order valence-electron chi connectivity index (χ3n) is 1.59. The van der Waals surface area contributed by atoms with Crippen LogP contribution in [0.3, 0.4) is 0 Å². The van der Waals surface area contributed by atoms with E-state index in [-0.39, 0.29) is 5.56 Å². The van der Waals surface area contributed by atoms with Gasteiger partial charge in [0, 0.05) is 0 Å². The molecule has 0 aromatic carbocycles. The summed E-state index contributed by atoms with van der Waals surface area (Å²) in [5.41, 5.74) is -0.370. The van der Waals surface area contributed by atoms with Gasteiger partial charge in [-0.05, 0) is 23.1 Å². The molecule has 1 heterocycles. The fourth-order valence-electron chi connectivity index (χ4n) is 0.895. The Morgan fingerprint density at radius 2 is 2.29 bits per heavy atom. The predicted octanol–water partition coefficient (Wildman–Crippen LogP) is -1.54. The molecule has 0 radical (unpaired) electrons. The van der Waals surface area contributed by atoms with Crippen LogP contribution in [-0.2, 0) is 0 Å². The van der Waals surface area contributed by atoms with Gasteiger partial charge in [0.25, 0.3) is 0 Å². The smallest absolute Gasteiger partial charge is 0.314 e. The molecular weight excluding hydrogens is 182 g/mol. The van der Waals surface area contributed by atoms with E-state index >= 15 is 0 Å². The molecule has 0 aliphatic heterocycles. The first-order valence-electron chi connectivity index (χ1n) is 4.03. The van der Waals surface area contributed by atoms with Crippen LogP contribution in [0.2, 0.25) is 0 Å². The third kappa shape index (κ3) is 1.87. The van der Waals surface area contributed by atoms with Gasteiger partial charge in [-0.3, -0.25) is 4.79 Å². The van der Waals surface area contributed by atoms with E-state index in [0.717, 1.165) is 4.85 Å². The quantitative estimate of drug-likeness (QED) is 0.571. The number of hydrogen-bond acceptors (Lipinski definition) is 4. The van der Waals surface area contributed by atoms with E-state index in [9.17, 15) is 4.79 Å². The van der Waals surface area contributed by atoms with Gasteiger partial charge >= 0.3 is 5.56 Å². The van der Waals surface area contributed by atoms with Crippen molar-refractivity contribution in [1.82, 2.24) is 15.2 Å². The van der Waals surface area contributed by atoms with E-state index in [1.54, 1.807) is 18.2 Å². The van der Waals surface area contributed by atoms with Crippen molar-refractivity contribution in [2.24, 2.45) is 0 Å². The average Bonchev–Trinajstić information content (AvgIpc) is 2.18. The first kappa shape index (κ1) is 10.2. The zero-order chi connectivity index (χ0) is 10.6. The van der Waals surface area contributed by atoms with E-state index in [4.69, 9.17) is 0 Å². The lowest BCUT2D eigenvalue weighted by Gasteiger charge is -1.97. The minimum Gasteiger partial charge on any atom is -0.396 e. The van der Waals surface area contributed by atoms with Gasteiger partial charge in [0.1, 0.15) is 7.11 Å². The molecule has 0 bridgehead atoms. The lowest BCUT2D eigenvalue weighted by Crippen LogP contribution is -2.49. The summed E-state index contributed by atoms with van der Waals surface area (Å²) in [6.07, 6.45) is 5.15. The van der Waals surface area contributed by atoms with Crippen molar-refractivity contribution in [2.75, 3.05) is 7.11 Å². The van der Waals surface area contributed by atoms with Crippen LogP contribution in [0, 0.1) is 0 Å². The zero-order valence-corrected chi connectivity index (χ0v) is 8.10. The summed E-state index contributed by atoms with van der Waals surface area (Å²) in [6.45, 7) is 5.45. The highest BCUT2D eigenvalue weighted by molar-refractivity contribution is 5.35. The second-order valence-electron chi connectivity index (χ2n) is 2.50. The fraction of sp³-hybridized carbons (Fsp3) is 0.222. The monoisotopic (exact) mass is 193 g/mol. The molecule has 0 fully saturated rings. The van der Waals surface area contributed by atoms with Gasteiger partial charge in [-0.2, -0.15) is 0 Å². The van der Waals surface area contributed by atoms with Gasteiger partial charge in [-0.1, -0.05) is 18.7 Å². The van der Waals surface area contributed by atoms with E-state index in [2.05, 4.69) is 21.7 Å². The van der Waals surface area contributed by atoms with Crippen molar-refractivity contribution >= 4 is 12.7 Å². The van der Waals surface area contributed by atoms with E-state index in [0.29, 0.717) is 10.6 Å². The van der Waals surface area contributed by atoms with Crippen LogP contribution in [0.15, 0.2) is 16.9 Å². The summed E-state index contributed by atoms with van der Waals surface area (Å²) in [5, 5.41) is 7.88. The van der Waals surface area contributed by atoms with Crippen molar-refractivity contribution < 1.29 is 4.84 Å². The van der Waals surface area contributed by atoms with Crippen molar-refractivity contribution in [1.29, 1.82) is 0 Å². The Bertz CT molecular complexity index is 502. The van der Waals surface area contributed by atoms with Crippen molar-refractivity contribution in [3.63, 3.8) is 0 Å². The Hall–Kier alpha value is -1.91. The maximum Gasteiger partial charge on any atom is 0.314 e. The number of hydrogen-bond donors (Lipinski definition) is 0. The molecule has 0 spiro atoms. The highest BCUT2D eigenvalue weighted by atomic mass is 16.7. The average molecular weight is 193 g/mol. The molecule has 0 unspecified atom stereocenters. The molecule has 14 heavy (non-hydrogen) atoms. The first-order chi connectivity index (χ1) is 6.70. The van der Waals surface area contributed by atoms with Crippen LogP contribution in [0.25, 0.3) is 12.7 Å². The largest absolute Gasteiger partial charge is 0.396 e. The van der Waals surface area contributed by atoms with Crippen molar-refractivity contribution in [3.05, 3.63) is 33.1 Å². The molecule has 74 valence electrons. The predicted molar refractivity (Wildman–Crippen MR) is 52.8 cm³/mol. The third-order valence-corrected chi connectivity index (χ3v) is 1.59. The minimum atomic E-state index is -0.370. The second kappa shape index (κ2) is 4.36. The second-order valence-corrected chi connectivity index (χ2v) is 2.50. The van der Waals surface area contributed by atoms with Crippen molar-refractivity contribution in [2.45, 2.75) is 6.92 Å². The standard InChI is InChI=1S/C9H11N3O2/c1-4-5-6-8-7(2)10-11-12(14-3)9(8)13/h4-6H,2H2,1,3H3/b5-4-,8-6+. The topological polar surface area (TPSA) is 57.0 Å². The number of allylic oxidation sites excluding steroid dienone is 2. The van der Waals surface area contributed by atoms with Gasteiger partial charge in [-0.25, -0.2) is 0 Å². The van der Waals surface area contributed by atoms with Gasteiger partial charge in [0.05, 0.1) is 10.6 Å². The Balaban J connectivity index is 3.57. The van der Waals surface area contributed by atoms with Gasteiger partial charge in [0.15, 0.2) is 0 Å². The molecule has 1 aromatic rings. The highest BCUT2D eigenvalue weighted by Crippen LogP contribution is 1.67. The Morgan fingerprint density at radius 3 is 2.86 bits per heavy atom. The SMILES string of the molecule is C=c1nnn(OC)c(=O)/c1=C/C=C\C. The van der Waals surface area contributed by atoms with E-state index in [1.807, 2.05) is 6.92 Å². The van der Waals surface area contributed by atoms with Gasteiger partial charge < -0.3 is 4.84 Å². The molecule has 5 nitrogen and oxygen atoms in total. The Labute approximate surface area is 80.6 Å². The summed E-state index contributed by atoms with van der Waals surface area (Å²) in [7, 11) is 1.35. The van der Waals surface area contributed by atoms with Crippen LogP contribution in [0.4, 0.5) is 0 Å². The number of nitrogens with zero attached hydrogens (tertiary/aromatic N) is 3. The van der Waals surface area contributed by atoms with Crippen LogP contribution < -0.4 is 21.0 Å². The Morgan fingerprint density at radius 1 is 1.57 bits per heavy atom. The van der Waals surface area contributed by atoms with Crippen LogP contribution in [0.5, 0.6) is 0 Å². The normalized spacial score (nSPS) is 12.3. The van der Waals surface area contributed by atoms with Gasteiger partial charge in [0.2, 0.25) is 0 Å². The minimum absolute atomic E-state index is 0.335. The van der Waals surface area contributed by atoms with Gasteiger partial charge in [-0.15, -0.1) is 5.10 Å². The van der Waals surface area contributed by atoms with Crippen LogP contribution in [0.1, 0.15) is 6.92 Å². The Kier molecular flexibility index (Phi) is 3.17. The molecule has 0 amide bonds. The molecule has 0 saturated heterocycles. The summed E-state index contributed by atoms with van der Waals surface area (Å²) >= 11 is 0.